The molecule has 2 aliphatic carbocycles. The van der Waals surface area contributed by atoms with Crippen molar-refractivity contribution in [3.8, 4) is 0 Å². The fraction of sp³-hybridized carbons (Fsp3) is 0.857. The van der Waals surface area contributed by atoms with Crippen molar-refractivity contribution in [1.82, 2.24) is 14.5 Å². The highest BCUT2D eigenvalue weighted by atomic mass is 32.2. The van der Waals surface area contributed by atoms with Crippen LogP contribution in [0.4, 0.5) is 0 Å². The fourth-order valence-corrected chi connectivity index (χ4v) is 5.16. The number of hydrogen-bond acceptors (Lipinski definition) is 4. The average molecular weight is 329 g/mol. The largest absolute Gasteiger partial charge is 0.345 e. The van der Waals surface area contributed by atoms with Crippen molar-refractivity contribution < 1.29 is 18.0 Å². The third kappa shape index (κ3) is 2.62. The van der Waals surface area contributed by atoms with Crippen LogP contribution in [-0.4, -0.2) is 66.4 Å². The molecule has 3 fully saturated rings. The molecule has 2 atom stereocenters. The van der Waals surface area contributed by atoms with Crippen molar-refractivity contribution in [3.05, 3.63) is 0 Å². The molecule has 2 saturated carbocycles. The Morgan fingerprint density at radius 1 is 1.14 bits per heavy atom. The van der Waals surface area contributed by atoms with Crippen LogP contribution in [0.15, 0.2) is 0 Å². The molecular weight excluding hydrogens is 306 g/mol. The lowest BCUT2D eigenvalue weighted by atomic mass is 10.3. The molecule has 0 unspecified atom stereocenters. The Morgan fingerprint density at radius 3 is 2.14 bits per heavy atom. The highest BCUT2D eigenvalue weighted by Gasteiger charge is 2.59. The van der Waals surface area contributed by atoms with Gasteiger partial charge in [-0.15, -0.1) is 0 Å². The Hall–Kier alpha value is -1.15. The van der Waals surface area contributed by atoms with Gasteiger partial charge in [0.25, 0.3) is 0 Å². The van der Waals surface area contributed by atoms with Crippen LogP contribution < -0.4 is 5.32 Å². The minimum Gasteiger partial charge on any atom is -0.345 e. The predicted octanol–water partition coefficient (Wildman–Crippen LogP) is -0.462. The number of sulfonamides is 1. The van der Waals surface area contributed by atoms with E-state index in [0.717, 1.165) is 12.8 Å². The van der Waals surface area contributed by atoms with E-state index in [-0.39, 0.29) is 38.1 Å². The van der Waals surface area contributed by atoms with Gasteiger partial charge in [-0.3, -0.25) is 9.59 Å². The van der Waals surface area contributed by atoms with Crippen LogP contribution in [0.2, 0.25) is 0 Å². The van der Waals surface area contributed by atoms with Crippen LogP contribution in [-0.2, 0) is 19.6 Å². The molecule has 7 nitrogen and oxygen atoms in total. The first-order valence-electron chi connectivity index (χ1n) is 7.85. The van der Waals surface area contributed by atoms with E-state index < -0.39 is 26.6 Å². The second-order valence-corrected chi connectivity index (χ2v) is 9.26. The standard InChI is InChI=1S/C14H23N3O4S/c1-10-9-14(10,2)22(20,21)17-7-5-16(6-8-17)13(19)12(18)15-11-3-4-11/h10-11H,3-9H2,1-2H3,(H,15,18)/t10-,14-/m1/s1. The Balaban J connectivity index is 1.56. The van der Waals surface area contributed by atoms with Crippen molar-refractivity contribution in [2.75, 3.05) is 26.2 Å². The van der Waals surface area contributed by atoms with Gasteiger partial charge in [0, 0.05) is 32.2 Å². The second kappa shape index (κ2) is 5.19. The summed E-state index contributed by atoms with van der Waals surface area (Å²) in [4.78, 5) is 25.2. The number of hydrogen-bond donors (Lipinski definition) is 1. The molecular formula is C14H23N3O4S. The number of piperazine rings is 1. The van der Waals surface area contributed by atoms with Gasteiger partial charge in [0.2, 0.25) is 10.0 Å². The van der Waals surface area contributed by atoms with Gasteiger partial charge >= 0.3 is 11.8 Å². The first-order valence-corrected chi connectivity index (χ1v) is 9.29. The van der Waals surface area contributed by atoms with E-state index in [1.165, 1.54) is 9.21 Å². The van der Waals surface area contributed by atoms with Crippen LogP contribution in [0.3, 0.4) is 0 Å². The Labute approximate surface area is 131 Å². The summed E-state index contributed by atoms with van der Waals surface area (Å²) in [5.41, 5.74) is 0. The number of nitrogens with zero attached hydrogens (tertiary/aromatic N) is 2. The molecule has 1 saturated heterocycles. The maximum absolute atomic E-state index is 12.6. The summed E-state index contributed by atoms with van der Waals surface area (Å²) in [5, 5.41) is 2.67. The predicted molar refractivity (Wildman–Crippen MR) is 80.4 cm³/mol. The Morgan fingerprint density at radius 2 is 1.68 bits per heavy atom. The molecule has 22 heavy (non-hydrogen) atoms. The molecule has 1 heterocycles. The molecule has 3 aliphatic rings. The van der Waals surface area contributed by atoms with Crippen molar-refractivity contribution in [2.45, 2.75) is 43.9 Å². The number of amides is 2. The molecule has 1 N–H and O–H groups in total. The second-order valence-electron chi connectivity index (χ2n) is 6.86. The van der Waals surface area contributed by atoms with Crippen molar-refractivity contribution in [3.63, 3.8) is 0 Å². The third-order valence-electron chi connectivity index (χ3n) is 5.16. The zero-order chi connectivity index (χ0) is 16.1. The molecule has 124 valence electrons. The lowest BCUT2D eigenvalue weighted by Crippen LogP contribution is -2.55. The maximum atomic E-state index is 12.6. The van der Waals surface area contributed by atoms with E-state index >= 15 is 0 Å². The SMILES string of the molecule is C[C@@H]1C[C@@]1(C)S(=O)(=O)N1CCN(C(=O)C(=O)NC2CC2)CC1. The minimum atomic E-state index is -3.32. The molecule has 2 amide bonds. The molecule has 3 rings (SSSR count). The molecule has 0 aromatic carbocycles. The highest BCUT2D eigenvalue weighted by molar-refractivity contribution is 7.90. The van der Waals surface area contributed by atoms with E-state index in [2.05, 4.69) is 5.32 Å². The van der Waals surface area contributed by atoms with Crippen LogP contribution in [0.25, 0.3) is 0 Å². The van der Waals surface area contributed by atoms with Crippen molar-refractivity contribution in [1.29, 1.82) is 0 Å². The lowest BCUT2D eigenvalue weighted by molar-refractivity contribution is -0.146. The Kier molecular flexibility index (Phi) is 3.71. The van der Waals surface area contributed by atoms with Crippen LogP contribution in [0, 0.1) is 5.92 Å². The van der Waals surface area contributed by atoms with Gasteiger partial charge in [-0.25, -0.2) is 8.42 Å². The summed E-state index contributed by atoms with van der Waals surface area (Å²) in [6.07, 6.45) is 2.56. The first-order chi connectivity index (χ1) is 10.3. The van der Waals surface area contributed by atoms with E-state index in [9.17, 15) is 18.0 Å². The van der Waals surface area contributed by atoms with Gasteiger partial charge in [-0.1, -0.05) is 6.92 Å². The minimum absolute atomic E-state index is 0.148. The molecule has 0 radical (unpaired) electrons. The van der Waals surface area contributed by atoms with E-state index in [1.807, 2.05) is 6.92 Å². The zero-order valence-electron chi connectivity index (χ0n) is 13.0. The molecule has 0 aromatic heterocycles. The molecule has 0 aromatic rings. The number of nitrogens with one attached hydrogen (secondary N) is 1. The molecule has 0 bridgehead atoms. The van der Waals surface area contributed by atoms with Crippen LogP contribution >= 0.6 is 0 Å². The number of carbonyl (C=O) groups is 2. The summed E-state index contributed by atoms with van der Waals surface area (Å²) in [7, 11) is -3.32. The van der Waals surface area contributed by atoms with E-state index in [4.69, 9.17) is 0 Å². The number of rotatable bonds is 3. The zero-order valence-corrected chi connectivity index (χ0v) is 13.9. The summed E-state index contributed by atoms with van der Waals surface area (Å²) in [6, 6.07) is 0.148. The highest BCUT2D eigenvalue weighted by Crippen LogP contribution is 2.50. The van der Waals surface area contributed by atoms with Gasteiger partial charge < -0.3 is 10.2 Å². The smallest absolute Gasteiger partial charge is 0.311 e. The Bertz CT molecular complexity index is 593. The van der Waals surface area contributed by atoms with E-state index in [1.54, 1.807) is 6.92 Å². The molecule has 0 spiro atoms. The molecule has 8 heteroatoms. The van der Waals surface area contributed by atoms with Crippen LogP contribution in [0.1, 0.15) is 33.1 Å². The normalized spacial score (nSPS) is 32.6. The van der Waals surface area contributed by atoms with Crippen LogP contribution in [0.5, 0.6) is 0 Å². The maximum Gasteiger partial charge on any atom is 0.311 e. The summed E-state index contributed by atoms with van der Waals surface area (Å²) >= 11 is 0. The van der Waals surface area contributed by atoms with Crippen molar-refractivity contribution in [2.24, 2.45) is 5.92 Å². The quantitative estimate of drug-likeness (QED) is 0.710. The third-order valence-corrected chi connectivity index (χ3v) is 7.95. The average Bonchev–Trinajstić information content (AvgIpc) is 3.39. The lowest BCUT2D eigenvalue weighted by Gasteiger charge is -2.35. The number of carbonyl (C=O) groups excluding carboxylic acids is 2. The van der Waals surface area contributed by atoms with Gasteiger partial charge in [0.15, 0.2) is 0 Å². The fourth-order valence-electron chi connectivity index (χ4n) is 2.95. The van der Waals surface area contributed by atoms with Gasteiger partial charge in [-0.2, -0.15) is 4.31 Å². The molecule has 1 aliphatic heterocycles. The van der Waals surface area contributed by atoms with E-state index in [0.29, 0.717) is 6.42 Å². The summed E-state index contributed by atoms with van der Waals surface area (Å²) in [6.45, 7) is 4.83. The summed E-state index contributed by atoms with van der Waals surface area (Å²) in [5.74, 6) is -0.932. The van der Waals surface area contributed by atoms with Gasteiger partial charge in [0.1, 0.15) is 0 Å². The van der Waals surface area contributed by atoms with Gasteiger partial charge in [-0.05, 0) is 32.1 Å². The van der Waals surface area contributed by atoms with Crippen molar-refractivity contribution >= 4 is 21.8 Å². The first kappa shape index (κ1) is 15.7. The van der Waals surface area contributed by atoms with Gasteiger partial charge in [0.05, 0.1) is 4.75 Å². The topological polar surface area (TPSA) is 86.8 Å². The summed E-state index contributed by atoms with van der Waals surface area (Å²) < 4.78 is 26.0. The monoisotopic (exact) mass is 329 g/mol.